The van der Waals surface area contributed by atoms with E-state index in [0.29, 0.717) is 28.5 Å². The van der Waals surface area contributed by atoms with Gasteiger partial charge in [-0.3, -0.25) is 4.79 Å². The first-order chi connectivity index (χ1) is 26.2. The molecule has 2 heterocycles. The summed E-state index contributed by atoms with van der Waals surface area (Å²) < 4.78 is 84.0. The predicted molar refractivity (Wildman–Crippen MR) is 188 cm³/mol. The van der Waals surface area contributed by atoms with Gasteiger partial charge in [0.15, 0.2) is 29.6 Å². The summed E-state index contributed by atoms with van der Waals surface area (Å²) in [5.41, 5.74) is 3.65. The monoisotopic (exact) mass is 759 g/mol. The Bertz CT molecular complexity index is 2250. The molecule has 276 valence electrons. The molecule has 1 amide bonds. The molecule has 2 N–H and O–H groups in total. The lowest BCUT2D eigenvalue weighted by molar-refractivity contribution is -0.245. The Hall–Kier alpha value is -5.48. The number of benzene rings is 5. The van der Waals surface area contributed by atoms with Gasteiger partial charge in [0, 0.05) is 24.3 Å². The van der Waals surface area contributed by atoms with Crippen molar-refractivity contribution in [3.63, 3.8) is 0 Å². The van der Waals surface area contributed by atoms with Crippen molar-refractivity contribution in [3.8, 4) is 16.8 Å². The van der Waals surface area contributed by atoms with E-state index in [1.54, 1.807) is 22.9 Å². The van der Waals surface area contributed by atoms with Crippen LogP contribution in [-0.4, -0.2) is 43.1 Å². The molecule has 0 aliphatic carbocycles. The van der Waals surface area contributed by atoms with E-state index in [1.807, 2.05) is 84.9 Å². The normalized spacial score (nSPS) is 17.0. The fourth-order valence-corrected chi connectivity index (χ4v) is 6.90. The molecule has 1 aliphatic rings. The number of aliphatic hydroxyl groups is 1. The minimum Gasteiger partial charge on any atom is -0.392 e. The Labute approximate surface area is 309 Å². The van der Waals surface area contributed by atoms with Gasteiger partial charge in [0.2, 0.25) is 11.0 Å². The second kappa shape index (κ2) is 16.3. The molecule has 9 nitrogen and oxygen atoms in total. The predicted octanol–water partition coefficient (Wildman–Crippen LogP) is 7.78. The van der Waals surface area contributed by atoms with Crippen molar-refractivity contribution in [1.29, 1.82) is 0 Å². The van der Waals surface area contributed by atoms with Gasteiger partial charge in [0.1, 0.15) is 5.56 Å². The zero-order valence-corrected chi connectivity index (χ0v) is 29.0. The highest BCUT2D eigenvalue weighted by atomic mass is 32.2. The van der Waals surface area contributed by atoms with Crippen LogP contribution in [0.5, 0.6) is 0 Å². The molecule has 1 aromatic heterocycles. The Morgan fingerprint density at radius 3 is 2.19 bits per heavy atom. The van der Waals surface area contributed by atoms with Crippen molar-refractivity contribution >= 4 is 17.7 Å². The number of carbonyl (C=O) groups is 1. The zero-order valence-electron chi connectivity index (χ0n) is 28.1. The number of aliphatic hydroxyl groups excluding tert-OH is 1. The van der Waals surface area contributed by atoms with Gasteiger partial charge in [-0.15, -0.1) is 5.10 Å². The number of nitrogens with one attached hydrogen (secondary N) is 1. The number of hydrogen-bond donors (Lipinski definition) is 2. The summed E-state index contributed by atoms with van der Waals surface area (Å²) in [5, 5.41) is 24.6. The van der Waals surface area contributed by atoms with Gasteiger partial charge in [-0.2, -0.15) is 4.68 Å². The number of para-hydroxylation sites is 1. The molecule has 1 saturated heterocycles. The molecule has 1 fully saturated rings. The van der Waals surface area contributed by atoms with Crippen LogP contribution in [0.25, 0.3) is 16.8 Å². The Morgan fingerprint density at radius 2 is 1.46 bits per heavy atom. The lowest BCUT2D eigenvalue weighted by atomic mass is 9.99. The van der Waals surface area contributed by atoms with Crippen LogP contribution in [0.1, 0.15) is 51.4 Å². The summed E-state index contributed by atoms with van der Waals surface area (Å²) in [6.45, 7) is -0.344. The Balaban J connectivity index is 1.10. The molecule has 6 aromatic rings. The van der Waals surface area contributed by atoms with Crippen LogP contribution in [0.3, 0.4) is 0 Å². The van der Waals surface area contributed by atoms with Crippen LogP contribution in [0, 0.1) is 29.1 Å². The number of thioether (sulfide) groups is 1. The number of tetrazole rings is 1. The van der Waals surface area contributed by atoms with E-state index in [4.69, 9.17) is 9.47 Å². The van der Waals surface area contributed by atoms with Crippen molar-refractivity contribution < 1.29 is 41.3 Å². The molecule has 54 heavy (non-hydrogen) atoms. The van der Waals surface area contributed by atoms with E-state index in [-0.39, 0.29) is 25.4 Å². The number of rotatable bonds is 11. The molecule has 0 saturated carbocycles. The molecular formula is C39H30F5N5O4S. The maximum absolute atomic E-state index is 14.2. The van der Waals surface area contributed by atoms with Crippen LogP contribution in [0.2, 0.25) is 0 Å². The lowest BCUT2D eigenvalue weighted by Gasteiger charge is -2.36. The SMILES string of the molecule is O=C(NCc1cccc(-c2cccc([C@H]3O[C@@H](CSc4nnnn4-c4ccccc4)C[C@@H](c4ccc(CO)cc4)O3)c2)c1)c1c(F)c(F)c(F)c(F)c1F. The molecule has 0 spiro atoms. The van der Waals surface area contributed by atoms with Crippen molar-refractivity contribution in [1.82, 2.24) is 25.5 Å². The summed E-state index contributed by atoms with van der Waals surface area (Å²) in [7, 11) is 0. The molecule has 5 aromatic carbocycles. The largest absolute Gasteiger partial charge is 0.392 e. The first-order valence-electron chi connectivity index (χ1n) is 16.7. The number of hydrogen-bond acceptors (Lipinski definition) is 8. The standard InChI is InChI=1S/C39H30F5N5O4S/c40-32-31(33(41)35(43)36(44)34(32)42)37(51)45-19-23-6-4-7-25(16-23)26-8-5-9-27(17-26)38-52-29(18-30(53-38)24-14-12-22(20-50)13-15-24)21-54-39-46-47-48-49(39)28-10-2-1-3-11-28/h1-17,29-30,38,50H,18-21H2,(H,45,51)/t29-,30+,38+/m1/s1. The number of carbonyl (C=O) groups excluding carboxylic acids is 1. The molecule has 0 radical (unpaired) electrons. The smallest absolute Gasteiger partial charge is 0.257 e. The summed E-state index contributed by atoms with van der Waals surface area (Å²) >= 11 is 1.45. The number of ether oxygens (including phenoxy) is 2. The first kappa shape index (κ1) is 36.9. The Kier molecular flexibility index (Phi) is 11.1. The highest BCUT2D eigenvalue weighted by molar-refractivity contribution is 7.99. The van der Waals surface area contributed by atoms with Crippen LogP contribution in [0.15, 0.2) is 108 Å². The summed E-state index contributed by atoms with van der Waals surface area (Å²) in [6, 6.07) is 31.4. The molecule has 1 aliphatic heterocycles. The second-order valence-electron chi connectivity index (χ2n) is 12.3. The van der Waals surface area contributed by atoms with E-state index in [9.17, 15) is 31.9 Å². The summed E-state index contributed by atoms with van der Waals surface area (Å²) in [6.07, 6.45) is -0.875. The molecule has 7 rings (SSSR count). The van der Waals surface area contributed by atoms with Crippen LogP contribution >= 0.6 is 11.8 Å². The van der Waals surface area contributed by atoms with Crippen molar-refractivity contribution in [3.05, 3.63) is 160 Å². The molecule has 3 atom stereocenters. The van der Waals surface area contributed by atoms with Crippen LogP contribution in [0.4, 0.5) is 22.0 Å². The molecular weight excluding hydrogens is 730 g/mol. The van der Waals surface area contributed by atoms with Crippen molar-refractivity contribution in [2.24, 2.45) is 0 Å². The number of nitrogens with zero attached hydrogens (tertiary/aromatic N) is 4. The van der Waals surface area contributed by atoms with Crippen LogP contribution < -0.4 is 5.32 Å². The third-order valence-electron chi connectivity index (χ3n) is 8.76. The van der Waals surface area contributed by atoms with Gasteiger partial charge in [-0.05, 0) is 62.5 Å². The molecule has 0 bridgehead atoms. The summed E-state index contributed by atoms with van der Waals surface area (Å²) in [4.78, 5) is 12.5. The van der Waals surface area contributed by atoms with E-state index >= 15 is 0 Å². The zero-order chi connectivity index (χ0) is 37.8. The van der Waals surface area contributed by atoms with Gasteiger partial charge in [-0.25, -0.2) is 22.0 Å². The average molecular weight is 760 g/mol. The maximum Gasteiger partial charge on any atom is 0.257 e. The highest BCUT2D eigenvalue weighted by Gasteiger charge is 2.33. The third kappa shape index (κ3) is 7.89. The van der Waals surface area contributed by atoms with E-state index in [2.05, 4.69) is 20.8 Å². The second-order valence-corrected chi connectivity index (χ2v) is 13.3. The van der Waals surface area contributed by atoms with Gasteiger partial charge in [0.25, 0.3) is 5.91 Å². The van der Waals surface area contributed by atoms with E-state index in [1.165, 1.54) is 11.8 Å². The van der Waals surface area contributed by atoms with Crippen molar-refractivity contribution in [2.45, 2.75) is 43.2 Å². The topological polar surface area (TPSA) is 111 Å². The molecule has 15 heteroatoms. The number of halogens is 5. The maximum atomic E-state index is 14.2. The highest BCUT2D eigenvalue weighted by Crippen LogP contribution is 2.40. The van der Waals surface area contributed by atoms with E-state index in [0.717, 1.165) is 27.9 Å². The first-order valence-corrected chi connectivity index (χ1v) is 17.6. The van der Waals surface area contributed by atoms with Crippen LogP contribution in [-0.2, 0) is 22.6 Å². The Morgan fingerprint density at radius 1 is 0.778 bits per heavy atom. The van der Waals surface area contributed by atoms with Crippen molar-refractivity contribution in [2.75, 3.05) is 5.75 Å². The minimum atomic E-state index is -2.34. The number of amides is 1. The fourth-order valence-electron chi connectivity index (χ4n) is 5.99. The third-order valence-corrected chi connectivity index (χ3v) is 9.82. The number of aromatic nitrogens is 4. The minimum absolute atomic E-state index is 0.0847. The average Bonchev–Trinajstić information content (AvgIpc) is 3.70. The van der Waals surface area contributed by atoms with Gasteiger partial charge < -0.3 is 19.9 Å². The van der Waals surface area contributed by atoms with Gasteiger partial charge in [0.05, 0.1) is 24.5 Å². The quantitative estimate of drug-likeness (QED) is 0.0597. The molecule has 0 unspecified atom stereocenters. The lowest BCUT2D eigenvalue weighted by Crippen LogP contribution is -2.31. The van der Waals surface area contributed by atoms with E-state index < -0.39 is 46.8 Å². The van der Waals surface area contributed by atoms with Gasteiger partial charge >= 0.3 is 0 Å². The summed E-state index contributed by atoms with van der Waals surface area (Å²) in [5.74, 6) is -12.1. The van der Waals surface area contributed by atoms with Gasteiger partial charge in [-0.1, -0.05) is 90.6 Å². The fraction of sp³-hybridized carbons (Fsp3) is 0.179.